The third kappa shape index (κ3) is 6.66. The van der Waals surface area contributed by atoms with Gasteiger partial charge in [-0.1, -0.05) is 12.1 Å². The van der Waals surface area contributed by atoms with Crippen LogP contribution in [-0.2, 0) is 23.6 Å². The molecule has 0 bridgehead atoms. The number of anilines is 2. The van der Waals surface area contributed by atoms with Gasteiger partial charge in [0.05, 0.1) is 5.56 Å². The van der Waals surface area contributed by atoms with Gasteiger partial charge in [0.25, 0.3) is 0 Å². The van der Waals surface area contributed by atoms with Crippen LogP contribution in [0.4, 0.5) is 38.0 Å². The first-order valence-electron chi connectivity index (χ1n) is 12.5. The number of hydrogen-bond donors (Lipinski definition) is 2. The molecule has 13 heteroatoms. The lowest BCUT2D eigenvalue weighted by Gasteiger charge is -2.33. The van der Waals surface area contributed by atoms with Crippen molar-refractivity contribution in [1.29, 1.82) is 0 Å². The Balaban J connectivity index is 1.44. The highest BCUT2D eigenvalue weighted by molar-refractivity contribution is 5.85. The fraction of sp³-hybridized carbons (Fsp3) is 0.560. The first-order valence-corrected chi connectivity index (χ1v) is 12.5. The molecular formula is C25H29F6N5O2. The molecule has 0 radical (unpaired) electrons. The minimum absolute atomic E-state index is 0.0204. The summed E-state index contributed by atoms with van der Waals surface area (Å²) in [5.74, 6) is -1.41. The van der Waals surface area contributed by atoms with Crippen LogP contribution < -0.4 is 15.1 Å². The van der Waals surface area contributed by atoms with E-state index in [0.29, 0.717) is 57.3 Å². The highest BCUT2D eigenvalue weighted by Crippen LogP contribution is 2.34. The van der Waals surface area contributed by atoms with E-state index >= 15 is 0 Å². The van der Waals surface area contributed by atoms with Crippen molar-refractivity contribution in [2.45, 2.75) is 50.5 Å². The molecule has 7 nitrogen and oxygen atoms in total. The second kappa shape index (κ2) is 11.3. The number of aliphatic hydroxyl groups is 1. The first-order chi connectivity index (χ1) is 18.0. The van der Waals surface area contributed by atoms with E-state index in [1.165, 1.54) is 18.2 Å². The Morgan fingerprint density at radius 2 is 1.61 bits per heavy atom. The summed E-state index contributed by atoms with van der Waals surface area (Å²) in [6.07, 6.45) is -6.63. The molecule has 4 rings (SSSR count). The second-order valence-corrected chi connectivity index (χ2v) is 9.61. The van der Waals surface area contributed by atoms with E-state index in [-0.39, 0.29) is 36.6 Å². The molecule has 0 spiro atoms. The monoisotopic (exact) mass is 545 g/mol. The number of carbonyl (C=O) groups excluding carboxylic acids is 1. The van der Waals surface area contributed by atoms with Crippen LogP contribution in [0.15, 0.2) is 30.3 Å². The van der Waals surface area contributed by atoms with Crippen molar-refractivity contribution < 1.29 is 36.2 Å². The second-order valence-electron chi connectivity index (χ2n) is 9.61. The number of amides is 1. The van der Waals surface area contributed by atoms with E-state index in [4.69, 9.17) is 0 Å². The summed E-state index contributed by atoms with van der Waals surface area (Å²) >= 11 is 0. The molecule has 2 aromatic rings. The Kier molecular flexibility index (Phi) is 8.34. The number of hydrogen-bond acceptors (Lipinski definition) is 6. The lowest BCUT2D eigenvalue weighted by molar-refractivity contribution is -0.144. The average Bonchev–Trinajstić information content (AvgIpc) is 3.38. The number of piperidine rings is 1. The van der Waals surface area contributed by atoms with Crippen molar-refractivity contribution in [3.63, 3.8) is 0 Å². The molecule has 0 saturated carbocycles. The predicted octanol–water partition coefficient (Wildman–Crippen LogP) is 4.05. The van der Waals surface area contributed by atoms with E-state index in [1.807, 2.05) is 0 Å². The third-order valence-corrected chi connectivity index (χ3v) is 6.99. The Morgan fingerprint density at radius 1 is 0.947 bits per heavy atom. The van der Waals surface area contributed by atoms with Crippen molar-refractivity contribution >= 4 is 17.5 Å². The van der Waals surface area contributed by atoms with Crippen LogP contribution >= 0.6 is 0 Å². The van der Waals surface area contributed by atoms with Crippen molar-refractivity contribution in [3.05, 3.63) is 47.3 Å². The lowest BCUT2D eigenvalue weighted by atomic mass is 9.98. The molecule has 2 fully saturated rings. The van der Waals surface area contributed by atoms with Crippen molar-refractivity contribution in [2.75, 3.05) is 42.6 Å². The molecule has 2 aliphatic rings. The summed E-state index contributed by atoms with van der Waals surface area (Å²) in [5.41, 5.74) is -0.145. The number of aromatic nitrogens is 2. The molecule has 2 saturated heterocycles. The van der Waals surface area contributed by atoms with E-state index in [2.05, 4.69) is 15.3 Å². The number of aliphatic hydroxyl groups excluding tert-OH is 1. The van der Waals surface area contributed by atoms with Crippen molar-refractivity contribution in [1.82, 2.24) is 15.3 Å². The number of alkyl halides is 6. The lowest BCUT2D eigenvalue weighted by Crippen LogP contribution is -2.44. The summed E-state index contributed by atoms with van der Waals surface area (Å²) in [5, 5.41) is 12.1. The van der Waals surface area contributed by atoms with Gasteiger partial charge < -0.3 is 20.2 Å². The molecule has 0 aliphatic carbocycles. The number of nitrogens with zero attached hydrogens (tertiary/aromatic N) is 4. The third-order valence-electron chi connectivity index (χ3n) is 6.99. The number of carbonyl (C=O) groups is 1. The fourth-order valence-corrected chi connectivity index (χ4v) is 4.82. The molecular weight excluding hydrogens is 516 g/mol. The number of benzene rings is 1. The first kappa shape index (κ1) is 27.9. The Bertz CT molecular complexity index is 1100. The quantitative estimate of drug-likeness (QED) is 0.511. The zero-order chi connectivity index (χ0) is 27.5. The number of rotatable bonds is 7. The molecule has 1 atom stereocenters. The van der Waals surface area contributed by atoms with Gasteiger partial charge in [-0.15, -0.1) is 0 Å². The van der Waals surface area contributed by atoms with Crippen LogP contribution in [0.1, 0.15) is 42.6 Å². The number of nitrogens with one attached hydrogen (secondary N) is 1. The zero-order valence-electron chi connectivity index (χ0n) is 20.5. The van der Waals surface area contributed by atoms with Gasteiger partial charge in [-0.2, -0.15) is 26.3 Å². The maximum atomic E-state index is 13.7. The predicted molar refractivity (Wildman–Crippen MR) is 128 cm³/mol. The maximum absolute atomic E-state index is 13.7. The van der Waals surface area contributed by atoms with E-state index in [1.54, 1.807) is 9.80 Å². The average molecular weight is 546 g/mol. The van der Waals surface area contributed by atoms with E-state index in [9.17, 15) is 36.2 Å². The Labute approximate surface area is 215 Å². The van der Waals surface area contributed by atoms with Gasteiger partial charge in [-0.25, -0.2) is 9.97 Å². The van der Waals surface area contributed by atoms with Crippen molar-refractivity contribution in [2.24, 2.45) is 5.92 Å². The summed E-state index contributed by atoms with van der Waals surface area (Å²) in [4.78, 5) is 23.7. The molecule has 38 heavy (non-hydrogen) atoms. The molecule has 1 aromatic carbocycles. The Morgan fingerprint density at radius 3 is 2.21 bits per heavy atom. The SMILES string of the molecule is O=C(NCCc1ccc(C(F)(F)F)cc1)C1CCCN1c1cc(N2CCC(CO)CC2)nc(C(F)(F)F)n1. The molecule has 1 aromatic heterocycles. The van der Waals surface area contributed by atoms with Crippen LogP contribution in [0, 0.1) is 5.92 Å². The van der Waals surface area contributed by atoms with Crippen LogP contribution in [0.25, 0.3) is 0 Å². The largest absolute Gasteiger partial charge is 0.451 e. The zero-order valence-corrected chi connectivity index (χ0v) is 20.5. The highest BCUT2D eigenvalue weighted by atomic mass is 19.4. The Hall–Kier alpha value is -3.09. The fourth-order valence-electron chi connectivity index (χ4n) is 4.82. The maximum Gasteiger partial charge on any atom is 0.451 e. The summed E-state index contributed by atoms with van der Waals surface area (Å²) < 4.78 is 79.2. The van der Waals surface area contributed by atoms with Crippen LogP contribution in [0.2, 0.25) is 0 Å². The van der Waals surface area contributed by atoms with Crippen LogP contribution in [-0.4, -0.2) is 59.8 Å². The normalized spacial score (nSPS) is 19.2. The topological polar surface area (TPSA) is 81.6 Å². The summed E-state index contributed by atoms with van der Waals surface area (Å²) in [6, 6.07) is 5.40. The van der Waals surface area contributed by atoms with Gasteiger partial charge in [0.1, 0.15) is 17.7 Å². The van der Waals surface area contributed by atoms with Gasteiger partial charge in [0.15, 0.2) is 0 Å². The van der Waals surface area contributed by atoms with Gasteiger partial charge in [-0.05, 0) is 55.7 Å². The van der Waals surface area contributed by atoms with Gasteiger partial charge in [0, 0.05) is 38.9 Å². The molecule has 1 unspecified atom stereocenters. The van der Waals surface area contributed by atoms with Gasteiger partial charge in [0.2, 0.25) is 11.7 Å². The summed E-state index contributed by atoms with van der Waals surface area (Å²) in [6.45, 7) is 1.44. The van der Waals surface area contributed by atoms with Gasteiger partial charge in [-0.3, -0.25) is 4.79 Å². The minimum Gasteiger partial charge on any atom is -0.396 e. The molecule has 2 aliphatic heterocycles. The van der Waals surface area contributed by atoms with E-state index < -0.39 is 29.8 Å². The molecule has 1 amide bonds. The van der Waals surface area contributed by atoms with Crippen molar-refractivity contribution in [3.8, 4) is 0 Å². The van der Waals surface area contributed by atoms with Gasteiger partial charge >= 0.3 is 12.4 Å². The minimum atomic E-state index is -4.77. The number of halogens is 6. The molecule has 2 N–H and O–H groups in total. The smallest absolute Gasteiger partial charge is 0.396 e. The van der Waals surface area contributed by atoms with Crippen LogP contribution in [0.3, 0.4) is 0 Å². The molecule has 3 heterocycles. The molecule has 208 valence electrons. The summed E-state index contributed by atoms with van der Waals surface area (Å²) in [7, 11) is 0. The van der Waals surface area contributed by atoms with E-state index in [0.717, 1.165) is 12.1 Å². The standard InChI is InChI=1S/C25H29F6N5O2/c26-24(27,28)18-5-3-16(4-6-18)7-10-32-22(38)19-2-1-11-36(19)21-14-20(33-23(34-21)25(29,30)31)35-12-8-17(15-37)9-13-35/h3-6,14,17,19,37H,1-2,7-13,15H2,(H,32,38). The van der Waals surface area contributed by atoms with Crippen LogP contribution in [0.5, 0.6) is 0 Å². The highest BCUT2D eigenvalue weighted by Gasteiger charge is 2.39.